The third kappa shape index (κ3) is 4.34. The van der Waals surface area contributed by atoms with Crippen molar-refractivity contribution in [3.8, 4) is 0 Å². The number of amides is 1. The Labute approximate surface area is 143 Å². The van der Waals surface area contributed by atoms with Crippen molar-refractivity contribution in [3.05, 3.63) is 22.4 Å². The standard InChI is InChI=1S/C18H28N2O2S/c1-22-16-8-11-19(12-9-16)14-15-6-3-2-4-10-20(15)18(21)17-7-5-13-23-17/h5,7,13,15-16H,2-4,6,8-12,14H2,1H3. The van der Waals surface area contributed by atoms with Crippen LogP contribution in [0, 0.1) is 0 Å². The first-order valence-electron chi connectivity index (χ1n) is 8.87. The third-order valence-electron chi connectivity index (χ3n) is 5.21. The summed E-state index contributed by atoms with van der Waals surface area (Å²) in [7, 11) is 1.81. The van der Waals surface area contributed by atoms with E-state index < -0.39 is 0 Å². The fourth-order valence-electron chi connectivity index (χ4n) is 3.80. The number of piperidine rings is 1. The van der Waals surface area contributed by atoms with Gasteiger partial charge in [-0.1, -0.05) is 18.9 Å². The Bertz CT molecular complexity index is 483. The summed E-state index contributed by atoms with van der Waals surface area (Å²) in [5, 5.41) is 2.00. The Kier molecular flexibility index (Phi) is 6.08. The second kappa shape index (κ2) is 8.27. The second-order valence-electron chi connectivity index (χ2n) is 6.71. The molecule has 3 heterocycles. The van der Waals surface area contributed by atoms with Crippen LogP contribution in [0.1, 0.15) is 48.2 Å². The molecule has 4 nitrogen and oxygen atoms in total. The van der Waals surface area contributed by atoms with Crippen molar-refractivity contribution in [2.75, 3.05) is 33.3 Å². The Balaban J connectivity index is 1.63. The van der Waals surface area contributed by atoms with Crippen LogP contribution in [0.5, 0.6) is 0 Å². The molecular weight excluding hydrogens is 308 g/mol. The predicted molar refractivity (Wildman–Crippen MR) is 94.1 cm³/mol. The van der Waals surface area contributed by atoms with Crippen LogP contribution in [0.15, 0.2) is 17.5 Å². The molecule has 0 aliphatic carbocycles. The molecule has 1 atom stereocenters. The smallest absolute Gasteiger partial charge is 0.264 e. The zero-order valence-corrected chi connectivity index (χ0v) is 14.9. The van der Waals surface area contributed by atoms with E-state index in [0.717, 1.165) is 56.7 Å². The van der Waals surface area contributed by atoms with Crippen LogP contribution in [-0.4, -0.2) is 61.1 Å². The van der Waals surface area contributed by atoms with Gasteiger partial charge in [0.2, 0.25) is 0 Å². The molecule has 0 saturated carbocycles. The summed E-state index contributed by atoms with van der Waals surface area (Å²) >= 11 is 1.56. The highest BCUT2D eigenvalue weighted by Gasteiger charge is 2.29. The molecule has 0 bridgehead atoms. The summed E-state index contributed by atoms with van der Waals surface area (Å²) in [6.07, 6.45) is 7.42. The minimum Gasteiger partial charge on any atom is -0.381 e. The quantitative estimate of drug-likeness (QED) is 0.846. The van der Waals surface area contributed by atoms with E-state index in [9.17, 15) is 4.79 Å². The summed E-state index contributed by atoms with van der Waals surface area (Å²) in [5.41, 5.74) is 0. The topological polar surface area (TPSA) is 32.8 Å². The van der Waals surface area contributed by atoms with Gasteiger partial charge in [0.25, 0.3) is 5.91 Å². The number of nitrogens with zero attached hydrogens (tertiary/aromatic N) is 2. The van der Waals surface area contributed by atoms with E-state index in [1.807, 2.05) is 24.6 Å². The minimum atomic E-state index is 0.235. The minimum absolute atomic E-state index is 0.235. The maximum atomic E-state index is 12.9. The van der Waals surface area contributed by atoms with Crippen LogP contribution in [0.25, 0.3) is 0 Å². The number of hydrogen-bond donors (Lipinski definition) is 0. The third-order valence-corrected chi connectivity index (χ3v) is 6.06. The average molecular weight is 337 g/mol. The first-order valence-corrected chi connectivity index (χ1v) is 9.75. The van der Waals surface area contributed by atoms with Crippen molar-refractivity contribution in [2.45, 2.75) is 50.7 Å². The first kappa shape index (κ1) is 16.9. The van der Waals surface area contributed by atoms with E-state index in [1.54, 1.807) is 11.3 Å². The van der Waals surface area contributed by atoms with Crippen LogP contribution in [0.2, 0.25) is 0 Å². The number of carbonyl (C=O) groups excluding carboxylic acids is 1. The molecule has 1 amide bonds. The van der Waals surface area contributed by atoms with Gasteiger partial charge in [-0.05, 0) is 37.1 Å². The van der Waals surface area contributed by atoms with Crippen molar-refractivity contribution in [2.24, 2.45) is 0 Å². The van der Waals surface area contributed by atoms with Crippen molar-refractivity contribution >= 4 is 17.2 Å². The molecule has 1 aromatic rings. The van der Waals surface area contributed by atoms with Gasteiger partial charge < -0.3 is 14.5 Å². The van der Waals surface area contributed by atoms with Crippen molar-refractivity contribution in [1.29, 1.82) is 0 Å². The van der Waals surface area contributed by atoms with Crippen LogP contribution in [0.4, 0.5) is 0 Å². The highest BCUT2D eigenvalue weighted by molar-refractivity contribution is 7.12. The van der Waals surface area contributed by atoms with Gasteiger partial charge in [-0.25, -0.2) is 0 Å². The number of rotatable bonds is 4. The van der Waals surface area contributed by atoms with Crippen LogP contribution < -0.4 is 0 Å². The molecule has 0 aromatic carbocycles. The Morgan fingerprint density at radius 2 is 2.04 bits per heavy atom. The molecular formula is C18H28N2O2S. The summed E-state index contributed by atoms with van der Waals surface area (Å²) in [4.78, 5) is 18.4. The van der Waals surface area contributed by atoms with Gasteiger partial charge in [-0.2, -0.15) is 0 Å². The van der Waals surface area contributed by atoms with Gasteiger partial charge in [-0.3, -0.25) is 4.79 Å². The van der Waals surface area contributed by atoms with Crippen molar-refractivity contribution in [1.82, 2.24) is 9.80 Å². The second-order valence-corrected chi connectivity index (χ2v) is 7.66. The summed E-state index contributed by atoms with van der Waals surface area (Å²) in [6.45, 7) is 4.12. The molecule has 2 aliphatic heterocycles. The molecule has 128 valence electrons. The maximum Gasteiger partial charge on any atom is 0.264 e. The summed E-state index contributed by atoms with van der Waals surface area (Å²) in [6, 6.07) is 4.30. The fourth-order valence-corrected chi connectivity index (χ4v) is 4.48. The number of hydrogen-bond acceptors (Lipinski definition) is 4. The van der Waals surface area contributed by atoms with Gasteiger partial charge in [0.1, 0.15) is 0 Å². The largest absolute Gasteiger partial charge is 0.381 e. The van der Waals surface area contributed by atoms with Gasteiger partial charge in [0.05, 0.1) is 11.0 Å². The number of ether oxygens (including phenoxy) is 1. The van der Waals surface area contributed by atoms with Crippen LogP contribution in [0.3, 0.4) is 0 Å². The lowest BCUT2D eigenvalue weighted by Crippen LogP contribution is -2.48. The van der Waals surface area contributed by atoms with E-state index in [-0.39, 0.29) is 5.91 Å². The highest BCUT2D eigenvalue weighted by atomic mass is 32.1. The fraction of sp³-hybridized carbons (Fsp3) is 0.722. The van der Waals surface area contributed by atoms with E-state index in [0.29, 0.717) is 12.1 Å². The molecule has 1 aromatic heterocycles. The van der Waals surface area contributed by atoms with Gasteiger partial charge in [0, 0.05) is 39.3 Å². The molecule has 2 fully saturated rings. The molecule has 5 heteroatoms. The molecule has 3 rings (SSSR count). The number of thiophene rings is 1. The molecule has 1 unspecified atom stereocenters. The summed E-state index contributed by atoms with van der Waals surface area (Å²) < 4.78 is 5.47. The van der Waals surface area contributed by atoms with E-state index in [1.165, 1.54) is 12.8 Å². The Hall–Kier alpha value is -0.910. The Morgan fingerprint density at radius 1 is 1.22 bits per heavy atom. The predicted octanol–water partition coefficient (Wildman–Crippen LogP) is 3.24. The lowest BCUT2D eigenvalue weighted by Gasteiger charge is -2.37. The molecule has 2 saturated heterocycles. The zero-order chi connectivity index (χ0) is 16.1. The van der Waals surface area contributed by atoms with Crippen LogP contribution >= 0.6 is 11.3 Å². The molecule has 0 spiro atoms. The van der Waals surface area contributed by atoms with Gasteiger partial charge in [0.15, 0.2) is 0 Å². The van der Waals surface area contributed by atoms with Crippen molar-refractivity contribution in [3.63, 3.8) is 0 Å². The maximum absolute atomic E-state index is 12.9. The monoisotopic (exact) mass is 336 g/mol. The molecule has 0 radical (unpaired) electrons. The van der Waals surface area contributed by atoms with E-state index in [4.69, 9.17) is 4.74 Å². The summed E-state index contributed by atoms with van der Waals surface area (Å²) in [5.74, 6) is 0.235. The molecule has 0 N–H and O–H groups in total. The Morgan fingerprint density at radius 3 is 2.74 bits per heavy atom. The molecule has 2 aliphatic rings. The van der Waals surface area contributed by atoms with Crippen LogP contribution in [-0.2, 0) is 4.74 Å². The van der Waals surface area contributed by atoms with Gasteiger partial charge in [-0.15, -0.1) is 11.3 Å². The van der Waals surface area contributed by atoms with E-state index >= 15 is 0 Å². The first-order chi connectivity index (χ1) is 11.3. The van der Waals surface area contributed by atoms with Crippen molar-refractivity contribution < 1.29 is 9.53 Å². The van der Waals surface area contributed by atoms with E-state index in [2.05, 4.69) is 9.80 Å². The lowest BCUT2D eigenvalue weighted by molar-refractivity contribution is 0.0292. The number of likely N-dealkylation sites (tertiary alicyclic amines) is 2. The SMILES string of the molecule is COC1CCN(CC2CCCCCN2C(=O)c2cccs2)CC1. The molecule has 23 heavy (non-hydrogen) atoms. The normalized spacial score (nSPS) is 24.6. The van der Waals surface area contributed by atoms with Gasteiger partial charge >= 0.3 is 0 Å². The number of carbonyl (C=O) groups is 1. The highest BCUT2D eigenvalue weighted by Crippen LogP contribution is 2.23. The zero-order valence-electron chi connectivity index (χ0n) is 14.1. The average Bonchev–Trinajstić information content (AvgIpc) is 3.03. The lowest BCUT2D eigenvalue weighted by atomic mass is 10.0. The number of methoxy groups -OCH3 is 1.